The number of nitrogens with one attached hydrogen (secondary N) is 6. The van der Waals surface area contributed by atoms with Crippen molar-refractivity contribution in [1.29, 1.82) is 0 Å². The fourth-order valence-corrected chi connectivity index (χ4v) is 10.1. The van der Waals surface area contributed by atoms with Gasteiger partial charge in [0.1, 0.15) is 17.4 Å². The molecule has 9 rings (SSSR count). The van der Waals surface area contributed by atoms with Crippen LogP contribution in [0.4, 0.5) is 42.1 Å². The van der Waals surface area contributed by atoms with Crippen LogP contribution in [0.3, 0.4) is 0 Å². The van der Waals surface area contributed by atoms with Crippen LogP contribution in [-0.4, -0.2) is 64.2 Å². The summed E-state index contributed by atoms with van der Waals surface area (Å²) in [5.41, 5.74) is 0.423. The molecule has 5 saturated carbocycles. The van der Waals surface area contributed by atoms with E-state index >= 15 is 0 Å². The standard InChI is InChI=1S/C43H47ClF3N9O5/c44-28-9-7-27(8-10-28)42(14-15-42)56-40-53-39(54-41(55-40)61-21-43(45,46)47)49-29-11-5-24(6-12-29)37(59)51-30(38(60)52-32-20-23-2-4-26(32)18-23)13-16-48-33-34(36(58)35(33)57)50-31-19-22-1-3-25(31)17-22/h5-12,22-23,25-26,30-32,48,50H,1-4,13-21H2,(H,51,59)(H,52,60)(H2,49,53,54,55,56)/t22-,23-,25+,26+,30-,31?,32+/m0/s1. The molecule has 5 aliphatic carbocycles. The largest absolute Gasteiger partial charge is 0.454 e. The lowest BCUT2D eigenvalue weighted by molar-refractivity contribution is -0.154. The Labute approximate surface area is 354 Å². The van der Waals surface area contributed by atoms with Gasteiger partial charge in [-0.3, -0.25) is 19.2 Å². The van der Waals surface area contributed by atoms with Crippen LogP contribution in [0.1, 0.15) is 86.6 Å². The van der Waals surface area contributed by atoms with Crippen molar-refractivity contribution in [2.45, 2.75) is 100 Å². The summed E-state index contributed by atoms with van der Waals surface area (Å²) in [6, 6.07) is 12.1. The van der Waals surface area contributed by atoms with Gasteiger partial charge in [0.05, 0.1) is 5.54 Å². The third-order valence-electron chi connectivity index (χ3n) is 13.3. The summed E-state index contributed by atoms with van der Waals surface area (Å²) in [4.78, 5) is 65.2. The molecule has 0 spiro atoms. The quantitative estimate of drug-likeness (QED) is 0.0642. The number of halogens is 4. The van der Waals surface area contributed by atoms with Crippen molar-refractivity contribution in [1.82, 2.24) is 25.6 Å². The first-order valence-corrected chi connectivity index (χ1v) is 21.5. The lowest BCUT2D eigenvalue weighted by atomic mass is 9.94. The minimum absolute atomic E-state index is 0.0000326. The topological polar surface area (TPSA) is 188 Å². The predicted molar refractivity (Wildman–Crippen MR) is 223 cm³/mol. The fourth-order valence-electron chi connectivity index (χ4n) is 9.97. The minimum Gasteiger partial charge on any atom is -0.454 e. The number of anilines is 5. The Balaban J connectivity index is 0.866. The van der Waals surface area contributed by atoms with Crippen molar-refractivity contribution in [2.75, 3.05) is 34.4 Å². The highest BCUT2D eigenvalue weighted by Crippen LogP contribution is 2.49. The van der Waals surface area contributed by atoms with Gasteiger partial charge >= 0.3 is 12.2 Å². The maximum Gasteiger partial charge on any atom is 0.422 e. The number of rotatable bonds is 17. The Bertz CT molecular complexity index is 2350. The van der Waals surface area contributed by atoms with Crippen LogP contribution in [-0.2, 0) is 10.3 Å². The smallest absolute Gasteiger partial charge is 0.422 e. The van der Waals surface area contributed by atoms with Crippen molar-refractivity contribution < 1.29 is 27.5 Å². The zero-order valence-corrected chi connectivity index (χ0v) is 34.0. The van der Waals surface area contributed by atoms with Crippen LogP contribution in [0.5, 0.6) is 6.01 Å². The number of carbonyl (C=O) groups is 2. The number of fused-ring (bicyclic) bond motifs is 4. The van der Waals surface area contributed by atoms with Gasteiger partial charge in [0.2, 0.25) is 17.8 Å². The van der Waals surface area contributed by atoms with Crippen LogP contribution in [0.2, 0.25) is 5.02 Å². The highest BCUT2D eigenvalue weighted by Gasteiger charge is 2.46. The first kappa shape index (κ1) is 40.9. The maximum atomic E-state index is 13.8. The molecule has 322 valence electrons. The van der Waals surface area contributed by atoms with Gasteiger partial charge in [-0.15, -0.1) is 0 Å². The van der Waals surface area contributed by atoms with Gasteiger partial charge in [-0.25, -0.2) is 0 Å². The van der Waals surface area contributed by atoms with Gasteiger partial charge in [-0.05, 0) is 123 Å². The number of hydrogen-bond donors (Lipinski definition) is 6. The number of aromatic nitrogens is 3. The van der Waals surface area contributed by atoms with E-state index in [9.17, 15) is 32.3 Å². The van der Waals surface area contributed by atoms with E-state index in [0.29, 0.717) is 40.1 Å². The number of hydrogen-bond acceptors (Lipinski definition) is 12. The molecule has 0 radical (unpaired) electrons. The fraction of sp³-hybridized carbons (Fsp3) is 0.512. The van der Waals surface area contributed by atoms with Gasteiger partial charge in [0, 0.05) is 34.9 Å². The summed E-state index contributed by atoms with van der Waals surface area (Å²) in [7, 11) is 0. The SMILES string of the molecule is O=C(N[C@@H](CCNc1c(NC2C[C@H]3CC[C@@H]2C3)c(=O)c1=O)C(=O)N[C@@H]1C[C@H]2CC[C@@H]1C2)c1ccc(Nc2nc(NC3(c4ccc(Cl)cc4)CC3)nc(OCC(F)(F)F)n2)cc1. The third-order valence-corrected chi connectivity index (χ3v) is 13.5. The Morgan fingerprint density at radius 1 is 0.820 bits per heavy atom. The number of nitrogens with zero attached hydrogens (tertiary/aromatic N) is 3. The van der Waals surface area contributed by atoms with Crippen molar-refractivity contribution >= 4 is 52.4 Å². The molecule has 5 aliphatic rings. The molecule has 0 aliphatic heterocycles. The summed E-state index contributed by atoms with van der Waals surface area (Å²) < 4.78 is 44.2. The van der Waals surface area contributed by atoms with Crippen LogP contribution in [0, 0.1) is 23.7 Å². The molecule has 2 amide bonds. The number of benzene rings is 2. The third kappa shape index (κ3) is 9.12. The van der Waals surface area contributed by atoms with E-state index in [1.165, 1.54) is 18.6 Å². The lowest BCUT2D eigenvalue weighted by Crippen LogP contribution is -2.51. The average Bonchev–Trinajstić information content (AvgIpc) is 3.64. The van der Waals surface area contributed by atoms with E-state index in [4.69, 9.17) is 16.3 Å². The molecule has 5 fully saturated rings. The van der Waals surface area contributed by atoms with E-state index in [-0.39, 0.29) is 54.1 Å². The average molecular weight is 862 g/mol. The molecule has 14 nitrogen and oxygen atoms in total. The number of alkyl halides is 3. The molecular formula is C43H47ClF3N9O5. The predicted octanol–water partition coefficient (Wildman–Crippen LogP) is 6.41. The second-order valence-corrected chi connectivity index (χ2v) is 17.9. The minimum atomic E-state index is -4.62. The zero-order chi connectivity index (χ0) is 42.5. The van der Waals surface area contributed by atoms with Gasteiger partial charge in [-0.2, -0.15) is 28.1 Å². The number of ether oxygens (including phenoxy) is 1. The molecule has 0 saturated heterocycles. The first-order chi connectivity index (χ1) is 29.3. The highest BCUT2D eigenvalue weighted by atomic mass is 35.5. The summed E-state index contributed by atoms with van der Waals surface area (Å²) in [6.45, 7) is -1.44. The van der Waals surface area contributed by atoms with Gasteiger partial charge < -0.3 is 36.6 Å². The van der Waals surface area contributed by atoms with Crippen molar-refractivity contribution in [3.05, 3.63) is 85.1 Å². The highest BCUT2D eigenvalue weighted by molar-refractivity contribution is 6.30. The zero-order valence-electron chi connectivity index (χ0n) is 33.2. The van der Waals surface area contributed by atoms with Crippen molar-refractivity contribution in [3.8, 4) is 6.01 Å². The maximum absolute atomic E-state index is 13.8. The first-order valence-electron chi connectivity index (χ1n) is 21.1. The molecule has 4 bridgehead atoms. The molecule has 61 heavy (non-hydrogen) atoms. The van der Waals surface area contributed by atoms with Crippen LogP contribution < -0.4 is 47.5 Å². The summed E-state index contributed by atoms with van der Waals surface area (Å²) in [5.74, 6) is 1.23. The van der Waals surface area contributed by atoms with Gasteiger partial charge in [0.15, 0.2) is 6.61 Å². The molecule has 6 N–H and O–H groups in total. The molecule has 1 unspecified atom stereocenters. The van der Waals surface area contributed by atoms with E-state index in [1.54, 1.807) is 24.3 Å². The molecule has 1 heterocycles. The Morgan fingerprint density at radius 3 is 2.10 bits per heavy atom. The summed E-state index contributed by atoms with van der Waals surface area (Å²) >= 11 is 6.07. The monoisotopic (exact) mass is 861 g/mol. The molecule has 7 atom stereocenters. The van der Waals surface area contributed by atoms with E-state index in [2.05, 4.69) is 46.9 Å². The van der Waals surface area contributed by atoms with Gasteiger partial charge in [-0.1, -0.05) is 36.6 Å². The van der Waals surface area contributed by atoms with Crippen molar-refractivity contribution in [2.24, 2.45) is 23.7 Å². The summed E-state index contributed by atoms with van der Waals surface area (Å²) in [5, 5.41) is 19.2. The Kier molecular flexibility index (Phi) is 11.0. The number of carbonyl (C=O) groups excluding carboxylic acids is 2. The molecule has 3 aromatic carbocycles. The number of amides is 2. The van der Waals surface area contributed by atoms with E-state index in [0.717, 1.165) is 63.4 Å². The molecule has 4 aromatic rings. The molecule has 18 heteroatoms. The Hall–Kier alpha value is -5.45. The lowest BCUT2D eigenvalue weighted by Gasteiger charge is -2.27. The Morgan fingerprint density at radius 2 is 1.48 bits per heavy atom. The van der Waals surface area contributed by atoms with Gasteiger partial charge in [0.25, 0.3) is 16.8 Å². The molecular weight excluding hydrogens is 815 g/mol. The van der Waals surface area contributed by atoms with Crippen molar-refractivity contribution in [3.63, 3.8) is 0 Å². The summed E-state index contributed by atoms with van der Waals surface area (Å²) in [6.07, 6.45) is 5.65. The van der Waals surface area contributed by atoms with Crippen LogP contribution in [0.25, 0.3) is 0 Å². The normalized spacial score (nSPS) is 24.9. The molecule has 1 aromatic heterocycles. The second kappa shape index (κ2) is 16.4. The second-order valence-electron chi connectivity index (χ2n) is 17.5. The van der Waals surface area contributed by atoms with Crippen LogP contribution >= 0.6 is 11.6 Å². The van der Waals surface area contributed by atoms with E-state index in [1.807, 2.05) is 12.1 Å². The van der Waals surface area contributed by atoms with Crippen LogP contribution in [0.15, 0.2) is 58.1 Å². The van der Waals surface area contributed by atoms with E-state index < -0.39 is 47.1 Å².